The quantitative estimate of drug-likeness (QED) is 0.200. The van der Waals surface area contributed by atoms with Gasteiger partial charge in [0.2, 0.25) is 0 Å². The smallest absolute Gasteiger partial charge is 0.308 e. The van der Waals surface area contributed by atoms with E-state index in [1.807, 2.05) is 6.08 Å². The number of allylic oxidation sites excluding steroid dienone is 1. The molecule has 10 nitrogen and oxygen atoms in total. The number of hydrogen-bond donors (Lipinski definition) is 0. The SMILES string of the molecule is CC(=O)OCC(COC(C)=O)OC(=O)CCC(=O)OCO[C@H]1CC[C@H]2[C@@H]3CCC4=CC(=O)CC[C@]4(C)[C@H]3CC[C@]12C. The van der Waals surface area contributed by atoms with Crippen molar-refractivity contribution in [2.45, 2.75) is 104 Å². The third-order valence-electron chi connectivity index (χ3n) is 10.1. The first-order valence-electron chi connectivity index (χ1n) is 14.9. The maximum Gasteiger partial charge on any atom is 0.308 e. The lowest BCUT2D eigenvalue weighted by Gasteiger charge is -2.57. The molecule has 41 heavy (non-hydrogen) atoms. The van der Waals surface area contributed by atoms with Crippen LogP contribution < -0.4 is 0 Å². The zero-order valence-corrected chi connectivity index (χ0v) is 24.7. The Balaban J connectivity index is 1.21. The molecule has 0 aromatic carbocycles. The van der Waals surface area contributed by atoms with Gasteiger partial charge in [0, 0.05) is 20.3 Å². The molecule has 10 heteroatoms. The Morgan fingerprint density at radius 2 is 1.54 bits per heavy atom. The monoisotopic (exact) mass is 576 g/mol. The standard InChI is InChI=1S/C31H44O10/c1-19(32)37-16-23(17-38-20(2)33)41-29(36)10-9-28(35)40-18-39-27-8-7-25-24-6-5-21-15-22(34)11-13-30(21,3)26(24)12-14-31(25,27)4/h15,23-27H,5-14,16-18H2,1-4H3/t24-,25-,26-,27-,30-,31-/m0/s1. The molecule has 0 aromatic heterocycles. The first-order chi connectivity index (χ1) is 19.4. The Hall–Kier alpha value is -2.75. The van der Waals surface area contributed by atoms with E-state index in [1.54, 1.807) is 0 Å². The lowest BCUT2D eigenvalue weighted by atomic mass is 9.47. The maximum absolute atomic E-state index is 12.3. The van der Waals surface area contributed by atoms with E-state index in [0.717, 1.165) is 44.9 Å². The summed E-state index contributed by atoms with van der Waals surface area (Å²) in [6.07, 6.45) is 8.51. The van der Waals surface area contributed by atoms with Gasteiger partial charge in [0.1, 0.15) is 13.2 Å². The van der Waals surface area contributed by atoms with Crippen LogP contribution in [0.15, 0.2) is 11.6 Å². The molecule has 0 N–H and O–H groups in total. The van der Waals surface area contributed by atoms with E-state index in [4.69, 9.17) is 23.7 Å². The number of carbonyl (C=O) groups is 5. The topological polar surface area (TPSA) is 132 Å². The van der Waals surface area contributed by atoms with Gasteiger partial charge in [-0.05, 0) is 79.6 Å². The first kappa shape index (κ1) is 31.2. The van der Waals surface area contributed by atoms with Crippen LogP contribution in [-0.4, -0.2) is 61.9 Å². The van der Waals surface area contributed by atoms with Gasteiger partial charge in [0.25, 0.3) is 0 Å². The summed E-state index contributed by atoms with van der Waals surface area (Å²) in [5.74, 6) is -0.336. The highest BCUT2D eigenvalue weighted by molar-refractivity contribution is 5.91. The normalized spacial score (nSPS) is 32.2. The van der Waals surface area contributed by atoms with Gasteiger partial charge in [0.15, 0.2) is 18.7 Å². The van der Waals surface area contributed by atoms with Crippen LogP contribution in [-0.2, 0) is 47.7 Å². The predicted molar refractivity (Wildman–Crippen MR) is 145 cm³/mol. The van der Waals surface area contributed by atoms with Crippen molar-refractivity contribution in [3.8, 4) is 0 Å². The van der Waals surface area contributed by atoms with Crippen molar-refractivity contribution in [2.24, 2.45) is 28.6 Å². The number of ketones is 1. The highest BCUT2D eigenvalue weighted by atomic mass is 16.7. The lowest BCUT2D eigenvalue weighted by molar-refractivity contribution is -0.174. The van der Waals surface area contributed by atoms with Crippen LogP contribution in [0.2, 0.25) is 0 Å². The molecule has 3 saturated carbocycles. The van der Waals surface area contributed by atoms with Gasteiger partial charge >= 0.3 is 23.9 Å². The molecule has 0 aliphatic heterocycles. The van der Waals surface area contributed by atoms with Crippen molar-refractivity contribution < 1.29 is 47.7 Å². The fraction of sp³-hybridized carbons (Fsp3) is 0.774. The minimum atomic E-state index is -0.962. The molecule has 0 spiro atoms. The van der Waals surface area contributed by atoms with Gasteiger partial charge in [-0.15, -0.1) is 0 Å². The second kappa shape index (κ2) is 13.0. The van der Waals surface area contributed by atoms with E-state index < -0.39 is 30.0 Å². The van der Waals surface area contributed by atoms with E-state index in [0.29, 0.717) is 24.2 Å². The minimum absolute atomic E-state index is 0.00667. The molecule has 0 unspecified atom stereocenters. The van der Waals surface area contributed by atoms with Crippen molar-refractivity contribution in [1.82, 2.24) is 0 Å². The molecule has 0 saturated heterocycles. The lowest BCUT2D eigenvalue weighted by Crippen LogP contribution is -2.51. The summed E-state index contributed by atoms with van der Waals surface area (Å²) in [5.41, 5.74) is 1.53. The van der Waals surface area contributed by atoms with E-state index in [2.05, 4.69) is 13.8 Å². The molecule has 6 atom stereocenters. The molecule has 4 aliphatic rings. The molecular weight excluding hydrogens is 532 g/mol. The van der Waals surface area contributed by atoms with Gasteiger partial charge in [-0.2, -0.15) is 0 Å². The summed E-state index contributed by atoms with van der Waals surface area (Å²) in [4.78, 5) is 58.7. The number of rotatable bonds is 11. The van der Waals surface area contributed by atoms with Crippen LogP contribution in [0.3, 0.4) is 0 Å². The van der Waals surface area contributed by atoms with Gasteiger partial charge < -0.3 is 23.7 Å². The van der Waals surface area contributed by atoms with Crippen molar-refractivity contribution in [3.05, 3.63) is 11.6 Å². The first-order valence-corrected chi connectivity index (χ1v) is 14.9. The molecule has 0 heterocycles. The average Bonchev–Trinajstić information content (AvgIpc) is 3.25. The summed E-state index contributed by atoms with van der Waals surface area (Å²) in [5, 5.41) is 0. The molecule has 3 fully saturated rings. The minimum Gasteiger partial charge on any atom is -0.462 e. The van der Waals surface area contributed by atoms with Crippen LogP contribution in [0.25, 0.3) is 0 Å². The number of hydrogen-bond acceptors (Lipinski definition) is 10. The van der Waals surface area contributed by atoms with E-state index >= 15 is 0 Å². The molecule has 0 radical (unpaired) electrons. The summed E-state index contributed by atoms with van der Waals surface area (Å²) >= 11 is 0. The summed E-state index contributed by atoms with van der Waals surface area (Å²) in [6.45, 7) is 6.45. The zero-order valence-electron chi connectivity index (χ0n) is 24.7. The highest BCUT2D eigenvalue weighted by Gasteiger charge is 2.59. The van der Waals surface area contributed by atoms with E-state index in [9.17, 15) is 24.0 Å². The zero-order chi connectivity index (χ0) is 29.8. The molecular formula is C31H44O10. The molecule has 0 bridgehead atoms. The second-order valence-corrected chi connectivity index (χ2v) is 12.6. The van der Waals surface area contributed by atoms with Crippen LogP contribution in [0.4, 0.5) is 0 Å². The molecule has 4 rings (SSSR count). The van der Waals surface area contributed by atoms with Crippen molar-refractivity contribution in [3.63, 3.8) is 0 Å². The number of ether oxygens (including phenoxy) is 5. The van der Waals surface area contributed by atoms with Crippen molar-refractivity contribution in [1.29, 1.82) is 0 Å². The van der Waals surface area contributed by atoms with Crippen LogP contribution in [0, 0.1) is 28.6 Å². The van der Waals surface area contributed by atoms with E-state index in [-0.39, 0.29) is 55.6 Å². The Bertz CT molecular complexity index is 1050. The second-order valence-electron chi connectivity index (χ2n) is 12.6. The Labute approximate surface area is 241 Å². The highest BCUT2D eigenvalue weighted by Crippen LogP contribution is 2.65. The van der Waals surface area contributed by atoms with Gasteiger partial charge in [0.05, 0.1) is 18.9 Å². The fourth-order valence-electron chi connectivity index (χ4n) is 8.02. The molecule has 0 amide bonds. The summed E-state index contributed by atoms with van der Waals surface area (Å²) in [6, 6.07) is 0. The third-order valence-corrected chi connectivity index (χ3v) is 10.1. The number of esters is 4. The Morgan fingerprint density at radius 3 is 2.22 bits per heavy atom. The van der Waals surface area contributed by atoms with Crippen molar-refractivity contribution >= 4 is 29.7 Å². The average molecular weight is 577 g/mol. The molecule has 0 aromatic rings. The fourth-order valence-corrected chi connectivity index (χ4v) is 8.02. The summed E-state index contributed by atoms with van der Waals surface area (Å²) in [7, 11) is 0. The van der Waals surface area contributed by atoms with Crippen LogP contribution in [0.1, 0.15) is 91.9 Å². The van der Waals surface area contributed by atoms with Crippen LogP contribution in [0.5, 0.6) is 0 Å². The number of carbonyl (C=O) groups excluding carboxylic acids is 5. The van der Waals surface area contributed by atoms with Gasteiger partial charge in [-0.3, -0.25) is 24.0 Å². The van der Waals surface area contributed by atoms with Gasteiger partial charge in [-0.25, -0.2) is 0 Å². The Morgan fingerprint density at radius 1 is 0.854 bits per heavy atom. The molecule has 228 valence electrons. The third kappa shape index (κ3) is 7.19. The van der Waals surface area contributed by atoms with E-state index in [1.165, 1.54) is 19.4 Å². The maximum atomic E-state index is 12.3. The largest absolute Gasteiger partial charge is 0.462 e. The van der Waals surface area contributed by atoms with Crippen molar-refractivity contribution in [2.75, 3.05) is 20.0 Å². The summed E-state index contributed by atoms with van der Waals surface area (Å²) < 4.78 is 26.3. The van der Waals surface area contributed by atoms with Crippen LogP contribution >= 0.6 is 0 Å². The number of fused-ring (bicyclic) bond motifs is 5. The van der Waals surface area contributed by atoms with Gasteiger partial charge in [-0.1, -0.05) is 19.4 Å². The molecule has 4 aliphatic carbocycles. The predicted octanol–water partition coefficient (Wildman–Crippen LogP) is 4.22. The Kier molecular flexibility index (Phi) is 9.93.